The van der Waals surface area contributed by atoms with Crippen LogP contribution in [0.25, 0.3) is 0 Å². The maximum Gasteiger partial charge on any atom is 0.246 e. The molecule has 1 aliphatic heterocycles. The van der Waals surface area contributed by atoms with Crippen molar-refractivity contribution in [2.45, 2.75) is 38.8 Å². The van der Waals surface area contributed by atoms with Crippen LogP contribution in [0.4, 0.5) is 0 Å². The highest BCUT2D eigenvalue weighted by atomic mass is 32.2. The molecule has 0 saturated carbocycles. The zero-order valence-electron chi connectivity index (χ0n) is 19.1. The number of benzene rings is 1. The Morgan fingerprint density at radius 2 is 1.55 bits per heavy atom. The third-order valence-corrected chi connectivity index (χ3v) is 7.83. The van der Waals surface area contributed by atoms with Crippen molar-refractivity contribution in [2.75, 3.05) is 47.5 Å². The lowest BCUT2D eigenvalue weighted by molar-refractivity contribution is 0.181. The molecule has 0 aliphatic carbocycles. The molecular formula is C21H32N4O5S. The van der Waals surface area contributed by atoms with Crippen LogP contribution in [0.1, 0.15) is 23.9 Å². The molecule has 0 atom stereocenters. The van der Waals surface area contributed by atoms with Gasteiger partial charge in [0.05, 0.1) is 32.7 Å². The molecule has 1 aromatic carbocycles. The molecular weight excluding hydrogens is 420 g/mol. The van der Waals surface area contributed by atoms with Gasteiger partial charge in [-0.1, -0.05) is 0 Å². The first-order valence-corrected chi connectivity index (χ1v) is 11.8. The highest BCUT2D eigenvalue weighted by Crippen LogP contribution is 2.38. The lowest BCUT2D eigenvalue weighted by atomic mass is 10.1. The molecule has 31 heavy (non-hydrogen) atoms. The number of hydrogen-bond donors (Lipinski definition) is 0. The van der Waals surface area contributed by atoms with Gasteiger partial charge in [0.1, 0.15) is 4.90 Å². The zero-order chi connectivity index (χ0) is 22.8. The molecule has 0 spiro atoms. The molecule has 0 amide bonds. The second-order valence-electron chi connectivity index (χ2n) is 7.53. The molecule has 2 heterocycles. The fourth-order valence-electron chi connectivity index (χ4n) is 4.10. The van der Waals surface area contributed by atoms with E-state index >= 15 is 0 Å². The highest BCUT2D eigenvalue weighted by Gasteiger charge is 2.33. The number of aromatic nitrogens is 2. The van der Waals surface area contributed by atoms with Gasteiger partial charge in [-0.05, 0) is 38.5 Å². The summed E-state index contributed by atoms with van der Waals surface area (Å²) in [4.78, 5) is 2.56. The molecule has 0 N–H and O–H groups in total. The van der Waals surface area contributed by atoms with Gasteiger partial charge in [0.15, 0.2) is 11.5 Å². The summed E-state index contributed by atoms with van der Waals surface area (Å²) in [7, 11) is 1.19. The first kappa shape index (κ1) is 23.4. The molecule has 10 heteroatoms. The zero-order valence-corrected chi connectivity index (χ0v) is 20.0. The van der Waals surface area contributed by atoms with E-state index in [0.29, 0.717) is 72.8 Å². The number of sulfonamides is 1. The molecule has 0 radical (unpaired) electrons. The summed E-state index contributed by atoms with van der Waals surface area (Å²) < 4.78 is 46.1. The predicted octanol–water partition coefficient (Wildman–Crippen LogP) is 2.05. The third kappa shape index (κ3) is 4.51. The van der Waals surface area contributed by atoms with Gasteiger partial charge in [-0.25, -0.2) is 8.42 Å². The number of methoxy groups -OCH3 is 3. The number of rotatable bonds is 8. The highest BCUT2D eigenvalue weighted by molar-refractivity contribution is 7.89. The number of nitrogens with zero attached hydrogens (tertiary/aromatic N) is 4. The summed E-state index contributed by atoms with van der Waals surface area (Å²) in [5.74, 6) is 1.77. The van der Waals surface area contributed by atoms with E-state index in [1.54, 1.807) is 37.2 Å². The predicted molar refractivity (Wildman–Crippen MR) is 118 cm³/mol. The van der Waals surface area contributed by atoms with Gasteiger partial charge in [0.2, 0.25) is 15.8 Å². The van der Waals surface area contributed by atoms with Crippen LogP contribution in [0.2, 0.25) is 0 Å². The van der Waals surface area contributed by atoms with Gasteiger partial charge >= 0.3 is 0 Å². The van der Waals surface area contributed by atoms with Gasteiger partial charge in [-0.2, -0.15) is 9.40 Å². The maximum absolute atomic E-state index is 13.3. The van der Waals surface area contributed by atoms with Crippen molar-refractivity contribution in [2.24, 2.45) is 0 Å². The number of ether oxygens (including phenoxy) is 3. The molecule has 2 aromatic rings. The van der Waals surface area contributed by atoms with Crippen LogP contribution in [0.5, 0.6) is 17.2 Å². The largest absolute Gasteiger partial charge is 0.493 e. The molecule has 1 fully saturated rings. The summed E-state index contributed by atoms with van der Waals surface area (Å²) in [5, 5.41) is 4.37. The SMILES string of the molecule is CCn1nc(C)c(S(=O)(=O)N2CCN(Cc3cc(OC)c(OC)c(OC)c3)CC2)c1C. The van der Waals surface area contributed by atoms with Crippen molar-refractivity contribution < 1.29 is 22.6 Å². The maximum atomic E-state index is 13.3. The van der Waals surface area contributed by atoms with Crippen LogP contribution in [0, 0.1) is 13.8 Å². The summed E-state index contributed by atoms with van der Waals surface area (Å²) in [6, 6.07) is 3.85. The Kier molecular flexibility index (Phi) is 7.13. The lowest BCUT2D eigenvalue weighted by Gasteiger charge is -2.34. The monoisotopic (exact) mass is 452 g/mol. The van der Waals surface area contributed by atoms with Gasteiger partial charge in [-0.15, -0.1) is 0 Å². The van der Waals surface area contributed by atoms with E-state index in [9.17, 15) is 8.42 Å². The molecule has 1 saturated heterocycles. The topological polar surface area (TPSA) is 86.1 Å². The van der Waals surface area contributed by atoms with Crippen LogP contribution in [0.3, 0.4) is 0 Å². The van der Waals surface area contributed by atoms with Crippen molar-refractivity contribution in [3.63, 3.8) is 0 Å². The quantitative estimate of drug-likeness (QED) is 0.606. The molecule has 1 aliphatic rings. The summed E-state index contributed by atoms with van der Waals surface area (Å²) >= 11 is 0. The van der Waals surface area contributed by atoms with Gasteiger partial charge in [-0.3, -0.25) is 9.58 Å². The Bertz CT molecular complexity index is 1000. The van der Waals surface area contributed by atoms with Crippen LogP contribution >= 0.6 is 0 Å². The molecule has 3 rings (SSSR count). The van der Waals surface area contributed by atoms with E-state index in [4.69, 9.17) is 14.2 Å². The average Bonchev–Trinajstić information content (AvgIpc) is 3.06. The van der Waals surface area contributed by atoms with Crippen LogP contribution in [-0.4, -0.2) is 74.9 Å². The third-order valence-electron chi connectivity index (χ3n) is 5.67. The van der Waals surface area contributed by atoms with E-state index < -0.39 is 10.0 Å². The van der Waals surface area contributed by atoms with Crippen LogP contribution in [0.15, 0.2) is 17.0 Å². The Hall–Kier alpha value is -2.30. The molecule has 9 nitrogen and oxygen atoms in total. The number of aryl methyl sites for hydroxylation is 2. The van der Waals surface area contributed by atoms with Crippen molar-refractivity contribution in [3.8, 4) is 17.2 Å². The summed E-state index contributed by atoms with van der Waals surface area (Å²) in [6.07, 6.45) is 0. The van der Waals surface area contributed by atoms with Crippen molar-refractivity contribution in [3.05, 3.63) is 29.1 Å². The van der Waals surface area contributed by atoms with E-state index in [-0.39, 0.29) is 0 Å². The Balaban J connectivity index is 1.72. The van der Waals surface area contributed by atoms with Gasteiger partial charge < -0.3 is 14.2 Å². The first-order valence-electron chi connectivity index (χ1n) is 10.3. The van der Waals surface area contributed by atoms with E-state index in [0.717, 1.165) is 5.56 Å². The minimum atomic E-state index is -3.57. The number of piperazine rings is 1. The van der Waals surface area contributed by atoms with E-state index in [2.05, 4.69) is 10.00 Å². The lowest BCUT2D eigenvalue weighted by Crippen LogP contribution is -2.48. The smallest absolute Gasteiger partial charge is 0.246 e. The van der Waals surface area contributed by atoms with Crippen LogP contribution in [-0.2, 0) is 23.1 Å². The normalized spacial score (nSPS) is 15.8. The van der Waals surface area contributed by atoms with E-state index in [1.165, 1.54) is 0 Å². The Morgan fingerprint density at radius 3 is 2.00 bits per heavy atom. The second-order valence-corrected chi connectivity index (χ2v) is 9.40. The van der Waals surface area contributed by atoms with Gasteiger partial charge in [0, 0.05) is 39.3 Å². The standard InChI is InChI=1S/C21H32N4O5S/c1-7-25-16(3)21(15(2)22-25)31(26,27)24-10-8-23(9-11-24)14-17-12-18(28-4)20(30-6)19(13-17)29-5/h12-13H,7-11,14H2,1-6H3. The second kappa shape index (κ2) is 9.46. The average molecular weight is 453 g/mol. The van der Waals surface area contributed by atoms with Crippen molar-refractivity contribution in [1.82, 2.24) is 19.0 Å². The summed E-state index contributed by atoms with van der Waals surface area (Å²) in [5.41, 5.74) is 2.26. The summed E-state index contributed by atoms with van der Waals surface area (Å²) in [6.45, 7) is 8.97. The Labute approximate surface area is 184 Å². The van der Waals surface area contributed by atoms with Gasteiger partial charge in [0.25, 0.3) is 0 Å². The van der Waals surface area contributed by atoms with E-state index in [1.807, 2.05) is 26.0 Å². The molecule has 0 bridgehead atoms. The molecule has 172 valence electrons. The molecule has 0 unspecified atom stereocenters. The minimum absolute atomic E-state index is 0.340. The van der Waals surface area contributed by atoms with Crippen molar-refractivity contribution >= 4 is 10.0 Å². The Morgan fingerprint density at radius 1 is 0.968 bits per heavy atom. The van der Waals surface area contributed by atoms with Crippen molar-refractivity contribution in [1.29, 1.82) is 0 Å². The number of hydrogen-bond acceptors (Lipinski definition) is 7. The first-order chi connectivity index (χ1) is 14.8. The minimum Gasteiger partial charge on any atom is -0.493 e. The fraction of sp³-hybridized carbons (Fsp3) is 0.571. The fourth-order valence-corrected chi connectivity index (χ4v) is 5.90. The van der Waals surface area contributed by atoms with Crippen LogP contribution < -0.4 is 14.2 Å². The molecule has 1 aromatic heterocycles.